The van der Waals surface area contributed by atoms with E-state index >= 15 is 0 Å². The molecule has 3 rings (SSSR count). The number of thiophene rings is 1. The molecule has 0 aliphatic carbocycles. The second-order valence-corrected chi connectivity index (χ2v) is 5.71. The van der Waals surface area contributed by atoms with E-state index in [2.05, 4.69) is 18.0 Å². The first kappa shape index (κ1) is 12.3. The molecule has 1 N–H and O–H groups in total. The van der Waals surface area contributed by atoms with E-state index in [0.29, 0.717) is 0 Å². The molecule has 19 heavy (non-hydrogen) atoms. The van der Waals surface area contributed by atoms with E-state index in [0.717, 1.165) is 27.6 Å². The van der Waals surface area contributed by atoms with E-state index in [1.807, 2.05) is 36.5 Å². The Morgan fingerprint density at radius 1 is 1.16 bits per heavy atom. The summed E-state index contributed by atoms with van der Waals surface area (Å²) in [7, 11) is 0. The van der Waals surface area contributed by atoms with Crippen molar-refractivity contribution in [3.05, 3.63) is 64.1 Å². The van der Waals surface area contributed by atoms with Crippen LogP contribution in [0.4, 0.5) is 0 Å². The van der Waals surface area contributed by atoms with E-state index in [-0.39, 0.29) is 0 Å². The molecule has 0 bridgehead atoms. The van der Waals surface area contributed by atoms with Gasteiger partial charge in [-0.05, 0) is 23.9 Å². The summed E-state index contributed by atoms with van der Waals surface area (Å²) in [4.78, 5) is 6.51. The zero-order valence-electron chi connectivity index (χ0n) is 10.7. The molecule has 0 aliphatic heterocycles. The van der Waals surface area contributed by atoms with Crippen molar-refractivity contribution in [1.82, 2.24) is 4.98 Å². The lowest BCUT2D eigenvalue weighted by Gasteiger charge is -2.11. The Balaban J connectivity index is 2.08. The maximum atomic E-state index is 10.6. The minimum Gasteiger partial charge on any atom is -0.383 e. The lowest BCUT2D eigenvalue weighted by Crippen LogP contribution is -1.99. The molecular weight excluding hydrogens is 254 g/mol. The number of aryl methyl sites for hydroxylation is 1. The third-order valence-electron chi connectivity index (χ3n) is 3.29. The number of fused-ring (bicyclic) bond motifs is 1. The minimum absolute atomic E-state index is 0.594. The molecule has 1 atom stereocenters. The van der Waals surface area contributed by atoms with E-state index in [1.165, 1.54) is 4.88 Å². The van der Waals surface area contributed by atoms with E-state index < -0.39 is 6.10 Å². The van der Waals surface area contributed by atoms with Crippen molar-refractivity contribution in [3.8, 4) is 0 Å². The zero-order valence-corrected chi connectivity index (χ0v) is 11.5. The van der Waals surface area contributed by atoms with Gasteiger partial charge in [0.1, 0.15) is 6.10 Å². The van der Waals surface area contributed by atoms with Gasteiger partial charge in [-0.1, -0.05) is 31.2 Å². The summed E-state index contributed by atoms with van der Waals surface area (Å²) in [6.45, 7) is 2.13. The average molecular weight is 269 g/mol. The van der Waals surface area contributed by atoms with Crippen LogP contribution < -0.4 is 0 Å². The smallest absolute Gasteiger partial charge is 0.115 e. The van der Waals surface area contributed by atoms with Crippen LogP contribution in [0.1, 0.15) is 28.3 Å². The highest BCUT2D eigenvalue weighted by Crippen LogP contribution is 2.32. The van der Waals surface area contributed by atoms with Gasteiger partial charge in [-0.2, -0.15) is 0 Å². The Kier molecular flexibility index (Phi) is 3.32. The van der Waals surface area contributed by atoms with Gasteiger partial charge < -0.3 is 5.11 Å². The standard InChI is InChI=1S/C16H15NOS/c1-2-12-7-8-15(19-12)16(18)14-10-17-9-11-5-3-4-6-13(11)14/h3-10,16,18H,2H2,1H3. The largest absolute Gasteiger partial charge is 0.383 e. The van der Waals surface area contributed by atoms with Gasteiger partial charge in [0.2, 0.25) is 0 Å². The molecule has 2 nitrogen and oxygen atoms in total. The topological polar surface area (TPSA) is 33.1 Å². The maximum Gasteiger partial charge on any atom is 0.115 e. The number of aliphatic hydroxyl groups is 1. The maximum absolute atomic E-state index is 10.6. The molecule has 0 saturated carbocycles. The van der Waals surface area contributed by atoms with Crippen LogP contribution in [-0.2, 0) is 6.42 Å². The van der Waals surface area contributed by atoms with E-state index in [9.17, 15) is 5.11 Å². The van der Waals surface area contributed by atoms with Crippen LogP contribution in [0, 0.1) is 0 Å². The van der Waals surface area contributed by atoms with Gasteiger partial charge >= 0.3 is 0 Å². The van der Waals surface area contributed by atoms with Crippen LogP contribution in [0.2, 0.25) is 0 Å². The van der Waals surface area contributed by atoms with Crippen LogP contribution >= 0.6 is 11.3 Å². The van der Waals surface area contributed by atoms with Gasteiger partial charge in [0.05, 0.1) is 0 Å². The molecule has 0 aliphatic rings. The molecular formula is C16H15NOS. The molecule has 3 heteroatoms. The first-order valence-corrected chi connectivity index (χ1v) is 7.20. The van der Waals surface area contributed by atoms with Crippen LogP contribution in [0.15, 0.2) is 48.8 Å². The molecule has 2 aromatic heterocycles. The van der Waals surface area contributed by atoms with Crippen molar-refractivity contribution >= 4 is 22.1 Å². The number of aliphatic hydroxyl groups excluding tert-OH is 1. The van der Waals surface area contributed by atoms with Crippen molar-refractivity contribution in [2.75, 3.05) is 0 Å². The monoisotopic (exact) mass is 269 g/mol. The molecule has 0 fully saturated rings. The average Bonchev–Trinajstić information content (AvgIpc) is 2.95. The number of pyridine rings is 1. The second-order valence-electron chi connectivity index (χ2n) is 4.51. The molecule has 0 amide bonds. The Bertz CT molecular complexity index is 699. The Morgan fingerprint density at radius 3 is 2.79 bits per heavy atom. The summed E-state index contributed by atoms with van der Waals surface area (Å²) < 4.78 is 0. The molecule has 96 valence electrons. The van der Waals surface area contributed by atoms with Gasteiger partial charge in [-0.25, -0.2) is 0 Å². The summed E-state index contributed by atoms with van der Waals surface area (Å²) >= 11 is 1.67. The molecule has 2 heterocycles. The zero-order chi connectivity index (χ0) is 13.2. The van der Waals surface area contributed by atoms with Crippen molar-refractivity contribution < 1.29 is 5.11 Å². The summed E-state index contributed by atoms with van der Waals surface area (Å²) in [6.07, 6.45) is 4.00. The molecule has 0 radical (unpaired) electrons. The Morgan fingerprint density at radius 2 is 2.00 bits per heavy atom. The van der Waals surface area contributed by atoms with Gasteiger partial charge in [0, 0.05) is 33.1 Å². The summed E-state index contributed by atoms with van der Waals surface area (Å²) in [5.41, 5.74) is 0.877. The van der Waals surface area contributed by atoms with Gasteiger partial charge in [-0.15, -0.1) is 11.3 Å². The lowest BCUT2D eigenvalue weighted by molar-refractivity contribution is 0.225. The number of aromatic nitrogens is 1. The minimum atomic E-state index is -0.594. The quantitative estimate of drug-likeness (QED) is 0.781. The van der Waals surface area contributed by atoms with Crippen molar-refractivity contribution in [2.24, 2.45) is 0 Å². The normalized spacial score (nSPS) is 12.7. The van der Waals surface area contributed by atoms with Crippen LogP contribution in [0.25, 0.3) is 10.8 Å². The molecule has 1 unspecified atom stereocenters. The Hall–Kier alpha value is -1.71. The first-order valence-electron chi connectivity index (χ1n) is 6.39. The number of hydrogen-bond donors (Lipinski definition) is 1. The molecule has 0 saturated heterocycles. The van der Waals surface area contributed by atoms with Crippen LogP contribution in [-0.4, -0.2) is 10.1 Å². The van der Waals surface area contributed by atoms with Crippen molar-refractivity contribution in [2.45, 2.75) is 19.4 Å². The SMILES string of the molecule is CCc1ccc(C(O)c2cncc3ccccc23)s1. The summed E-state index contributed by atoms with van der Waals surface area (Å²) in [6, 6.07) is 12.1. The van der Waals surface area contributed by atoms with Crippen molar-refractivity contribution in [3.63, 3.8) is 0 Å². The number of rotatable bonds is 3. The highest BCUT2D eigenvalue weighted by atomic mass is 32.1. The van der Waals surface area contributed by atoms with Crippen molar-refractivity contribution in [1.29, 1.82) is 0 Å². The predicted molar refractivity (Wildman–Crippen MR) is 79.5 cm³/mol. The molecule has 0 spiro atoms. The highest BCUT2D eigenvalue weighted by Gasteiger charge is 2.15. The second kappa shape index (κ2) is 5.11. The number of hydrogen-bond acceptors (Lipinski definition) is 3. The van der Waals surface area contributed by atoms with Crippen LogP contribution in [0.3, 0.4) is 0 Å². The van der Waals surface area contributed by atoms with Gasteiger partial charge in [-0.3, -0.25) is 4.98 Å². The Labute approximate surface area is 116 Å². The summed E-state index contributed by atoms with van der Waals surface area (Å²) in [5, 5.41) is 12.7. The molecule has 3 aromatic rings. The third kappa shape index (κ3) is 2.27. The van der Waals surface area contributed by atoms with Gasteiger partial charge in [0.25, 0.3) is 0 Å². The van der Waals surface area contributed by atoms with E-state index in [4.69, 9.17) is 0 Å². The fourth-order valence-electron chi connectivity index (χ4n) is 2.24. The van der Waals surface area contributed by atoms with Gasteiger partial charge in [0.15, 0.2) is 0 Å². The highest BCUT2D eigenvalue weighted by molar-refractivity contribution is 7.12. The fourth-order valence-corrected chi connectivity index (χ4v) is 3.20. The lowest BCUT2D eigenvalue weighted by atomic mass is 10.0. The third-order valence-corrected chi connectivity index (χ3v) is 4.58. The predicted octanol–water partition coefficient (Wildman–Crippen LogP) is 3.94. The number of benzene rings is 1. The summed E-state index contributed by atoms with van der Waals surface area (Å²) in [5.74, 6) is 0. The fraction of sp³-hybridized carbons (Fsp3) is 0.188. The van der Waals surface area contributed by atoms with E-state index in [1.54, 1.807) is 17.5 Å². The number of nitrogens with zero attached hydrogens (tertiary/aromatic N) is 1. The molecule has 1 aromatic carbocycles. The first-order chi connectivity index (χ1) is 9.29. The van der Waals surface area contributed by atoms with Crippen LogP contribution in [0.5, 0.6) is 0 Å².